The monoisotopic (exact) mass is 453 g/mol. The van der Waals surface area contributed by atoms with Gasteiger partial charge in [0.2, 0.25) is 15.9 Å². The molecule has 31 heavy (non-hydrogen) atoms. The van der Waals surface area contributed by atoms with Crippen LogP contribution in [-0.2, 0) is 21.4 Å². The molecular weight excluding hydrogens is 434 g/mol. The highest BCUT2D eigenvalue weighted by Gasteiger charge is 2.14. The normalized spacial score (nSPS) is 11.9. The zero-order chi connectivity index (χ0) is 21.8. The van der Waals surface area contributed by atoms with E-state index in [1.807, 2.05) is 25.1 Å². The number of hydrogen-bond donors (Lipinski definition) is 2. The Morgan fingerprint density at radius 1 is 1.16 bits per heavy atom. The molecule has 158 valence electrons. The number of fused-ring (bicyclic) bond motifs is 1. The molecule has 4 aromatic rings. The van der Waals surface area contributed by atoms with E-state index in [0.717, 1.165) is 15.2 Å². The van der Waals surface area contributed by atoms with Gasteiger partial charge in [0.25, 0.3) is 0 Å². The van der Waals surface area contributed by atoms with E-state index in [4.69, 9.17) is 4.42 Å². The molecule has 2 heterocycles. The summed E-state index contributed by atoms with van der Waals surface area (Å²) in [4.78, 5) is 16.8. The molecule has 0 radical (unpaired) electrons. The number of benzene rings is 2. The van der Waals surface area contributed by atoms with Crippen LogP contribution in [0.5, 0.6) is 0 Å². The summed E-state index contributed by atoms with van der Waals surface area (Å²) in [5.74, 6) is 0.246. The zero-order valence-electron chi connectivity index (χ0n) is 16.5. The van der Waals surface area contributed by atoms with Crippen LogP contribution in [-0.4, -0.2) is 19.3 Å². The largest absolute Gasteiger partial charge is 0.468 e. The van der Waals surface area contributed by atoms with Crippen molar-refractivity contribution in [3.8, 4) is 0 Å². The molecule has 2 aromatic heterocycles. The van der Waals surface area contributed by atoms with E-state index in [-0.39, 0.29) is 17.3 Å². The molecule has 0 atom stereocenters. The summed E-state index contributed by atoms with van der Waals surface area (Å²) < 4.78 is 33.3. The highest BCUT2D eigenvalue weighted by Crippen LogP contribution is 2.24. The number of hydrogen-bond acceptors (Lipinski definition) is 6. The lowest BCUT2D eigenvalue weighted by atomic mass is 10.2. The Labute approximate surface area is 183 Å². The van der Waals surface area contributed by atoms with Crippen LogP contribution in [0.2, 0.25) is 0 Å². The van der Waals surface area contributed by atoms with Gasteiger partial charge >= 0.3 is 0 Å². The van der Waals surface area contributed by atoms with Crippen molar-refractivity contribution in [2.45, 2.75) is 18.4 Å². The molecule has 0 saturated carbocycles. The van der Waals surface area contributed by atoms with Gasteiger partial charge in [0.15, 0.2) is 0 Å². The highest BCUT2D eigenvalue weighted by atomic mass is 32.2. The van der Waals surface area contributed by atoms with Gasteiger partial charge in [-0.2, -0.15) is 0 Å². The van der Waals surface area contributed by atoms with Crippen LogP contribution in [0, 0.1) is 6.92 Å². The number of carbonyl (C=O) groups excluding carboxylic acids is 1. The number of aromatic nitrogens is 1. The average Bonchev–Trinajstić information content (AvgIpc) is 3.39. The fraction of sp³-hybridized carbons (Fsp3) is 0.0909. The second-order valence-corrected chi connectivity index (χ2v) is 9.71. The molecule has 1 amide bonds. The zero-order valence-corrected chi connectivity index (χ0v) is 18.2. The van der Waals surface area contributed by atoms with Crippen LogP contribution in [0.3, 0.4) is 0 Å². The molecule has 0 aliphatic heterocycles. The van der Waals surface area contributed by atoms with Crippen molar-refractivity contribution in [2.24, 2.45) is 0 Å². The van der Waals surface area contributed by atoms with Gasteiger partial charge < -0.3 is 9.73 Å². The first-order valence-electron chi connectivity index (χ1n) is 9.37. The SMILES string of the molecule is Cc1nc2ccc(NC(=O)/C=C/c3ccc(S(=O)(=O)NCc4ccco4)cc3)cc2s1. The quantitative estimate of drug-likeness (QED) is 0.406. The molecule has 9 heteroatoms. The first kappa shape index (κ1) is 21.0. The molecule has 4 rings (SSSR count). The maximum Gasteiger partial charge on any atom is 0.248 e. The van der Waals surface area contributed by atoms with Crippen LogP contribution >= 0.6 is 11.3 Å². The Balaban J connectivity index is 1.37. The van der Waals surface area contributed by atoms with E-state index >= 15 is 0 Å². The third-order valence-corrected chi connectivity index (χ3v) is 6.75. The van der Waals surface area contributed by atoms with E-state index in [0.29, 0.717) is 17.0 Å². The number of anilines is 1. The minimum Gasteiger partial charge on any atom is -0.468 e. The minimum atomic E-state index is -3.66. The summed E-state index contributed by atoms with van der Waals surface area (Å²) >= 11 is 1.57. The van der Waals surface area contributed by atoms with E-state index in [1.54, 1.807) is 41.7 Å². The van der Waals surface area contributed by atoms with Crippen molar-refractivity contribution in [3.63, 3.8) is 0 Å². The van der Waals surface area contributed by atoms with Gasteiger partial charge in [-0.25, -0.2) is 18.1 Å². The topological polar surface area (TPSA) is 101 Å². The van der Waals surface area contributed by atoms with Crippen molar-refractivity contribution in [3.05, 3.63) is 83.3 Å². The molecule has 2 aromatic carbocycles. The summed E-state index contributed by atoms with van der Waals surface area (Å²) in [6.07, 6.45) is 4.51. The van der Waals surface area contributed by atoms with E-state index in [2.05, 4.69) is 15.0 Å². The Hall–Kier alpha value is -3.27. The number of sulfonamides is 1. The second kappa shape index (κ2) is 8.84. The Morgan fingerprint density at radius 2 is 1.97 bits per heavy atom. The third-order valence-electron chi connectivity index (χ3n) is 4.40. The lowest BCUT2D eigenvalue weighted by molar-refractivity contribution is -0.111. The molecule has 0 unspecified atom stereocenters. The third kappa shape index (κ3) is 5.26. The van der Waals surface area contributed by atoms with Crippen LogP contribution in [0.25, 0.3) is 16.3 Å². The van der Waals surface area contributed by atoms with Gasteiger partial charge in [-0.15, -0.1) is 11.3 Å². The summed E-state index contributed by atoms with van der Waals surface area (Å²) in [7, 11) is -3.66. The predicted molar refractivity (Wildman–Crippen MR) is 121 cm³/mol. The van der Waals surface area contributed by atoms with Gasteiger partial charge in [-0.05, 0) is 61.0 Å². The minimum absolute atomic E-state index is 0.0735. The van der Waals surface area contributed by atoms with E-state index in [1.165, 1.54) is 24.5 Å². The molecular formula is C22H19N3O4S2. The van der Waals surface area contributed by atoms with Crippen molar-refractivity contribution in [1.29, 1.82) is 0 Å². The lowest BCUT2D eigenvalue weighted by Crippen LogP contribution is -2.22. The van der Waals surface area contributed by atoms with Crippen molar-refractivity contribution in [2.75, 3.05) is 5.32 Å². The highest BCUT2D eigenvalue weighted by molar-refractivity contribution is 7.89. The molecule has 2 N–H and O–H groups in total. The second-order valence-electron chi connectivity index (χ2n) is 6.71. The molecule has 0 bridgehead atoms. The number of nitrogens with one attached hydrogen (secondary N) is 2. The average molecular weight is 454 g/mol. The number of furan rings is 1. The number of carbonyl (C=O) groups is 1. The molecule has 0 aliphatic rings. The smallest absolute Gasteiger partial charge is 0.248 e. The number of thiazole rings is 1. The Kier molecular flexibility index (Phi) is 5.99. The number of rotatable bonds is 7. The summed E-state index contributed by atoms with van der Waals surface area (Å²) in [5.41, 5.74) is 2.30. The van der Waals surface area contributed by atoms with E-state index in [9.17, 15) is 13.2 Å². The van der Waals surface area contributed by atoms with Gasteiger partial charge in [-0.3, -0.25) is 4.79 Å². The van der Waals surface area contributed by atoms with Gasteiger partial charge in [0.1, 0.15) is 5.76 Å². The summed E-state index contributed by atoms with van der Waals surface area (Å²) in [6, 6.07) is 15.2. The molecule has 0 fully saturated rings. The number of amides is 1. The van der Waals surface area contributed by atoms with Crippen LogP contribution < -0.4 is 10.0 Å². The molecule has 0 saturated heterocycles. The first-order valence-corrected chi connectivity index (χ1v) is 11.7. The van der Waals surface area contributed by atoms with Crippen LogP contribution in [0.15, 0.2) is 76.2 Å². The maximum absolute atomic E-state index is 12.4. The van der Waals surface area contributed by atoms with Crippen LogP contribution in [0.1, 0.15) is 16.3 Å². The lowest BCUT2D eigenvalue weighted by Gasteiger charge is -2.06. The van der Waals surface area contributed by atoms with Gasteiger partial charge in [-0.1, -0.05) is 12.1 Å². The molecule has 7 nitrogen and oxygen atoms in total. The maximum atomic E-state index is 12.4. The van der Waals surface area contributed by atoms with Gasteiger partial charge in [0, 0.05) is 11.8 Å². The summed E-state index contributed by atoms with van der Waals surface area (Å²) in [6.45, 7) is 2.02. The first-order chi connectivity index (χ1) is 14.9. The van der Waals surface area contributed by atoms with Crippen LogP contribution in [0.4, 0.5) is 5.69 Å². The number of nitrogens with zero attached hydrogens (tertiary/aromatic N) is 1. The summed E-state index contributed by atoms with van der Waals surface area (Å²) in [5, 5.41) is 3.79. The fourth-order valence-electron chi connectivity index (χ4n) is 2.89. The Bertz CT molecular complexity index is 1340. The van der Waals surface area contributed by atoms with Gasteiger partial charge in [0.05, 0.1) is 32.9 Å². The molecule has 0 aliphatic carbocycles. The van der Waals surface area contributed by atoms with Crippen molar-refractivity contribution < 1.29 is 17.6 Å². The standard InChI is InChI=1S/C22H19N3O4S2/c1-15-24-20-10-7-17(13-21(20)30-15)25-22(26)11-6-16-4-8-19(9-5-16)31(27,28)23-14-18-3-2-12-29-18/h2-13,23H,14H2,1H3,(H,25,26)/b11-6+. The molecule has 0 spiro atoms. The fourth-order valence-corrected chi connectivity index (χ4v) is 4.75. The van der Waals surface area contributed by atoms with Crippen molar-refractivity contribution in [1.82, 2.24) is 9.71 Å². The number of aryl methyl sites for hydroxylation is 1. The van der Waals surface area contributed by atoms with Crippen molar-refractivity contribution >= 4 is 49.2 Å². The Morgan fingerprint density at radius 3 is 2.71 bits per heavy atom. The predicted octanol–water partition coefficient (Wildman–Crippen LogP) is 4.33. The van der Waals surface area contributed by atoms with E-state index < -0.39 is 10.0 Å².